The third-order valence-corrected chi connectivity index (χ3v) is 5.47. The van der Waals surface area contributed by atoms with Gasteiger partial charge in [0.25, 0.3) is 5.91 Å². The molecule has 1 amide bonds. The van der Waals surface area contributed by atoms with Gasteiger partial charge in [-0.15, -0.1) is 0 Å². The van der Waals surface area contributed by atoms with Crippen LogP contribution in [0, 0.1) is 0 Å². The minimum Gasteiger partial charge on any atom is -0.373 e. The summed E-state index contributed by atoms with van der Waals surface area (Å²) < 4.78 is 5.80. The number of fused-ring (bicyclic) bond motifs is 1. The van der Waals surface area contributed by atoms with Crippen molar-refractivity contribution in [2.45, 2.75) is 39.0 Å². The van der Waals surface area contributed by atoms with Crippen LogP contribution in [0.1, 0.15) is 35.3 Å². The van der Waals surface area contributed by atoms with Crippen LogP contribution in [0.2, 0.25) is 0 Å². The molecule has 1 fully saturated rings. The summed E-state index contributed by atoms with van der Waals surface area (Å²) in [5.74, 6) is -0.0231. The van der Waals surface area contributed by atoms with Crippen LogP contribution in [0.25, 0.3) is 10.9 Å². The van der Waals surface area contributed by atoms with Crippen molar-refractivity contribution in [3.8, 4) is 0 Å². The smallest absolute Gasteiger partial charge is 0.251 e. The number of carbonyl (C=O) groups excluding carboxylic acids is 1. The Morgan fingerprint density at radius 1 is 1.10 bits per heavy atom. The Balaban J connectivity index is 1.29. The topological polar surface area (TPSA) is 57.4 Å². The molecule has 2 atom stereocenters. The second-order valence-corrected chi connectivity index (χ2v) is 8.01. The fourth-order valence-electron chi connectivity index (χ4n) is 4.18. The van der Waals surface area contributed by atoms with Gasteiger partial charge in [-0.1, -0.05) is 30.3 Å². The average molecular weight is 392 g/mol. The highest BCUT2D eigenvalue weighted by molar-refractivity contribution is 5.94. The number of nitrogens with zero attached hydrogens (tertiary/aromatic N) is 1. The third-order valence-electron chi connectivity index (χ3n) is 5.47. The van der Waals surface area contributed by atoms with E-state index < -0.39 is 0 Å². The monoisotopic (exact) mass is 391 g/mol. The highest BCUT2D eigenvalue weighted by Gasteiger charge is 2.22. The van der Waals surface area contributed by atoms with E-state index in [1.165, 1.54) is 16.5 Å². The number of nitrogens with one attached hydrogen (secondary N) is 2. The van der Waals surface area contributed by atoms with E-state index in [0.717, 1.165) is 31.6 Å². The number of hydrogen-bond acceptors (Lipinski definition) is 3. The van der Waals surface area contributed by atoms with Gasteiger partial charge >= 0.3 is 0 Å². The summed E-state index contributed by atoms with van der Waals surface area (Å²) in [6.45, 7) is 7.63. The van der Waals surface area contributed by atoms with Crippen molar-refractivity contribution >= 4 is 16.8 Å². The maximum Gasteiger partial charge on any atom is 0.251 e. The normalized spacial score (nSPS) is 20.1. The minimum atomic E-state index is -0.0231. The van der Waals surface area contributed by atoms with E-state index in [4.69, 9.17) is 4.74 Å². The number of para-hydroxylation sites is 1. The standard InChI is InChI=1S/C24H29N3O2/c1-17-14-27(15-18(2)29-17)16-19-7-9-20(10-8-19)24(28)25-12-11-21-13-26-23-6-4-3-5-22(21)23/h3-10,13,17-18,26H,11-12,14-16H2,1-2H3,(H,25,28)/t17-,18+. The first-order valence-electron chi connectivity index (χ1n) is 10.4. The fourth-order valence-corrected chi connectivity index (χ4v) is 4.18. The molecule has 2 aromatic carbocycles. The summed E-state index contributed by atoms with van der Waals surface area (Å²) in [5.41, 5.74) is 4.29. The number of aromatic nitrogens is 1. The van der Waals surface area contributed by atoms with Crippen LogP contribution in [-0.4, -0.2) is 47.6 Å². The first-order chi connectivity index (χ1) is 14.1. The van der Waals surface area contributed by atoms with Crippen molar-refractivity contribution in [3.05, 3.63) is 71.4 Å². The Bertz CT molecular complexity index is 954. The van der Waals surface area contributed by atoms with E-state index in [2.05, 4.69) is 53.3 Å². The van der Waals surface area contributed by atoms with Crippen molar-refractivity contribution in [2.75, 3.05) is 19.6 Å². The van der Waals surface area contributed by atoms with Gasteiger partial charge in [0.05, 0.1) is 12.2 Å². The molecule has 29 heavy (non-hydrogen) atoms. The minimum absolute atomic E-state index is 0.0231. The molecule has 5 heteroatoms. The lowest BCUT2D eigenvalue weighted by atomic mass is 10.1. The van der Waals surface area contributed by atoms with Crippen LogP contribution in [0.4, 0.5) is 0 Å². The lowest BCUT2D eigenvalue weighted by molar-refractivity contribution is -0.0704. The Kier molecular flexibility index (Phi) is 5.97. The van der Waals surface area contributed by atoms with Crippen LogP contribution in [-0.2, 0) is 17.7 Å². The van der Waals surface area contributed by atoms with Gasteiger partial charge in [-0.05, 0) is 49.6 Å². The van der Waals surface area contributed by atoms with E-state index >= 15 is 0 Å². The highest BCUT2D eigenvalue weighted by Crippen LogP contribution is 2.18. The molecule has 1 aromatic heterocycles. The van der Waals surface area contributed by atoms with Gasteiger partial charge in [0, 0.05) is 48.8 Å². The van der Waals surface area contributed by atoms with Gasteiger partial charge in [-0.3, -0.25) is 9.69 Å². The molecule has 2 N–H and O–H groups in total. The molecule has 0 radical (unpaired) electrons. The van der Waals surface area contributed by atoms with Crippen LogP contribution >= 0.6 is 0 Å². The van der Waals surface area contributed by atoms with Gasteiger partial charge < -0.3 is 15.0 Å². The van der Waals surface area contributed by atoms with Crippen molar-refractivity contribution in [1.82, 2.24) is 15.2 Å². The maximum atomic E-state index is 12.5. The summed E-state index contributed by atoms with van der Waals surface area (Å²) in [5, 5.41) is 4.25. The van der Waals surface area contributed by atoms with Crippen LogP contribution in [0.15, 0.2) is 54.7 Å². The zero-order chi connectivity index (χ0) is 20.2. The summed E-state index contributed by atoms with van der Waals surface area (Å²) in [7, 11) is 0. The summed E-state index contributed by atoms with van der Waals surface area (Å²) in [6, 6.07) is 16.2. The van der Waals surface area contributed by atoms with E-state index in [1.54, 1.807) is 0 Å². The number of carbonyl (C=O) groups is 1. The molecule has 5 nitrogen and oxygen atoms in total. The molecule has 152 valence electrons. The predicted octanol–water partition coefficient (Wildman–Crippen LogP) is 3.75. The molecular formula is C24H29N3O2. The fraction of sp³-hybridized carbons (Fsp3) is 0.375. The summed E-state index contributed by atoms with van der Waals surface area (Å²) >= 11 is 0. The Morgan fingerprint density at radius 3 is 2.59 bits per heavy atom. The Labute approximate surface area is 172 Å². The molecule has 0 bridgehead atoms. The zero-order valence-electron chi connectivity index (χ0n) is 17.2. The van der Waals surface area contributed by atoms with E-state index in [0.29, 0.717) is 12.1 Å². The number of H-pyrrole nitrogens is 1. The lowest BCUT2D eigenvalue weighted by Crippen LogP contribution is -2.44. The number of morpholine rings is 1. The zero-order valence-corrected chi connectivity index (χ0v) is 17.2. The second-order valence-electron chi connectivity index (χ2n) is 8.01. The summed E-state index contributed by atoms with van der Waals surface area (Å²) in [6.07, 6.45) is 3.36. The number of amides is 1. The van der Waals surface area contributed by atoms with Crippen molar-refractivity contribution in [3.63, 3.8) is 0 Å². The SMILES string of the molecule is C[C@@H]1CN(Cc2ccc(C(=O)NCCc3c[nH]c4ccccc34)cc2)C[C@H](C)O1. The number of rotatable bonds is 6. The number of hydrogen-bond donors (Lipinski definition) is 2. The van der Waals surface area contributed by atoms with Gasteiger partial charge in [0.15, 0.2) is 0 Å². The maximum absolute atomic E-state index is 12.5. The second kappa shape index (κ2) is 8.80. The molecule has 0 spiro atoms. The molecule has 0 unspecified atom stereocenters. The van der Waals surface area contributed by atoms with Gasteiger partial charge in [0.2, 0.25) is 0 Å². The number of benzene rings is 2. The number of aromatic amines is 1. The molecule has 2 heterocycles. The molecule has 0 aliphatic carbocycles. The number of ether oxygens (including phenoxy) is 1. The molecule has 1 aliphatic heterocycles. The van der Waals surface area contributed by atoms with Crippen LogP contribution in [0.5, 0.6) is 0 Å². The van der Waals surface area contributed by atoms with Gasteiger partial charge in [0.1, 0.15) is 0 Å². The largest absolute Gasteiger partial charge is 0.373 e. The van der Waals surface area contributed by atoms with E-state index in [-0.39, 0.29) is 18.1 Å². The first-order valence-corrected chi connectivity index (χ1v) is 10.4. The van der Waals surface area contributed by atoms with Crippen LogP contribution in [0.3, 0.4) is 0 Å². The third kappa shape index (κ3) is 4.86. The lowest BCUT2D eigenvalue weighted by Gasteiger charge is -2.35. The molecule has 1 saturated heterocycles. The predicted molar refractivity (Wildman–Crippen MR) is 116 cm³/mol. The molecule has 0 saturated carbocycles. The van der Waals surface area contributed by atoms with Gasteiger partial charge in [-0.25, -0.2) is 0 Å². The Morgan fingerprint density at radius 2 is 1.83 bits per heavy atom. The quantitative estimate of drug-likeness (QED) is 0.673. The van der Waals surface area contributed by atoms with Crippen molar-refractivity contribution in [1.29, 1.82) is 0 Å². The molecular weight excluding hydrogens is 362 g/mol. The Hall–Kier alpha value is -2.63. The average Bonchev–Trinajstić information content (AvgIpc) is 3.11. The highest BCUT2D eigenvalue weighted by atomic mass is 16.5. The van der Waals surface area contributed by atoms with Crippen molar-refractivity contribution in [2.24, 2.45) is 0 Å². The molecule has 3 aromatic rings. The van der Waals surface area contributed by atoms with Crippen LogP contribution < -0.4 is 5.32 Å². The summed E-state index contributed by atoms with van der Waals surface area (Å²) in [4.78, 5) is 18.2. The van der Waals surface area contributed by atoms with E-state index in [9.17, 15) is 4.79 Å². The van der Waals surface area contributed by atoms with Crippen molar-refractivity contribution < 1.29 is 9.53 Å². The first kappa shape index (κ1) is 19.7. The van der Waals surface area contributed by atoms with E-state index in [1.807, 2.05) is 30.5 Å². The molecule has 1 aliphatic rings. The molecule has 4 rings (SSSR count). The van der Waals surface area contributed by atoms with Gasteiger partial charge in [-0.2, -0.15) is 0 Å².